The van der Waals surface area contributed by atoms with Crippen LogP contribution >= 0.6 is 0 Å². The number of nitrogens with one attached hydrogen (secondary N) is 2. The molecule has 30 heavy (non-hydrogen) atoms. The highest BCUT2D eigenvalue weighted by atomic mass is 16.5. The number of amides is 1. The van der Waals surface area contributed by atoms with E-state index in [9.17, 15) is 4.79 Å². The number of rotatable bonds is 6. The highest BCUT2D eigenvalue weighted by Crippen LogP contribution is 2.29. The zero-order valence-corrected chi connectivity index (χ0v) is 16.7. The van der Waals surface area contributed by atoms with Crippen LogP contribution in [0.3, 0.4) is 0 Å². The van der Waals surface area contributed by atoms with Crippen molar-refractivity contribution in [2.45, 2.75) is 13.3 Å². The van der Waals surface area contributed by atoms with Gasteiger partial charge in [-0.25, -0.2) is 15.0 Å². The molecule has 2 heterocycles. The second-order valence-electron chi connectivity index (χ2n) is 6.65. The van der Waals surface area contributed by atoms with Gasteiger partial charge in [0.15, 0.2) is 0 Å². The number of carbonyl (C=O) groups excluding carboxylic acids is 1. The van der Waals surface area contributed by atoms with Crippen LogP contribution in [0.4, 0.5) is 17.2 Å². The zero-order chi connectivity index (χ0) is 20.9. The monoisotopic (exact) mass is 399 g/mol. The molecule has 2 aromatic carbocycles. The van der Waals surface area contributed by atoms with Crippen molar-refractivity contribution in [2.75, 3.05) is 17.7 Å². The largest absolute Gasteiger partial charge is 0.481 e. The molecule has 0 radical (unpaired) electrons. The van der Waals surface area contributed by atoms with Crippen molar-refractivity contribution in [1.29, 1.82) is 0 Å². The average molecular weight is 399 g/mol. The fourth-order valence-corrected chi connectivity index (χ4v) is 3.07. The molecule has 0 bridgehead atoms. The Morgan fingerprint density at radius 1 is 0.967 bits per heavy atom. The third-order valence-corrected chi connectivity index (χ3v) is 4.64. The van der Waals surface area contributed by atoms with Gasteiger partial charge in [-0.1, -0.05) is 19.1 Å². The number of hydrogen-bond donors (Lipinski definition) is 2. The Balaban J connectivity index is 1.67. The molecule has 0 spiro atoms. The Morgan fingerprint density at radius 2 is 1.80 bits per heavy atom. The summed E-state index contributed by atoms with van der Waals surface area (Å²) in [6.45, 7) is 1.82. The van der Waals surface area contributed by atoms with E-state index in [-0.39, 0.29) is 5.91 Å². The Hall–Kier alpha value is -4.00. The lowest BCUT2D eigenvalue weighted by Crippen LogP contribution is -2.09. The third kappa shape index (κ3) is 4.20. The zero-order valence-electron chi connectivity index (χ0n) is 16.7. The van der Waals surface area contributed by atoms with Crippen LogP contribution < -0.4 is 15.4 Å². The van der Waals surface area contributed by atoms with E-state index in [0.29, 0.717) is 18.1 Å². The highest BCUT2D eigenvalue weighted by Gasteiger charge is 2.08. The number of nitrogens with zero attached hydrogens (tertiary/aromatic N) is 3. The fourth-order valence-electron chi connectivity index (χ4n) is 3.07. The Labute approximate surface area is 174 Å². The van der Waals surface area contributed by atoms with E-state index in [1.165, 1.54) is 6.33 Å². The van der Waals surface area contributed by atoms with Crippen LogP contribution in [-0.4, -0.2) is 28.0 Å². The van der Waals surface area contributed by atoms with Gasteiger partial charge >= 0.3 is 0 Å². The summed E-state index contributed by atoms with van der Waals surface area (Å²) in [6, 6.07) is 17.3. The molecule has 7 heteroatoms. The third-order valence-electron chi connectivity index (χ3n) is 4.64. The first-order chi connectivity index (χ1) is 14.7. The summed E-state index contributed by atoms with van der Waals surface area (Å²) in [5.74, 6) is 1.22. The van der Waals surface area contributed by atoms with Gasteiger partial charge in [0.2, 0.25) is 11.8 Å². The smallest absolute Gasteiger partial charge is 0.224 e. The number of carbonyl (C=O) groups is 1. The summed E-state index contributed by atoms with van der Waals surface area (Å²) in [7, 11) is 1.59. The molecule has 0 aliphatic heterocycles. The first-order valence-electron chi connectivity index (χ1n) is 9.58. The van der Waals surface area contributed by atoms with Gasteiger partial charge in [-0.05, 0) is 42.0 Å². The predicted molar refractivity (Wildman–Crippen MR) is 118 cm³/mol. The first-order valence-corrected chi connectivity index (χ1v) is 9.58. The summed E-state index contributed by atoms with van der Waals surface area (Å²) < 4.78 is 5.13. The van der Waals surface area contributed by atoms with Crippen LogP contribution in [-0.2, 0) is 4.79 Å². The molecule has 0 aliphatic carbocycles. The van der Waals surface area contributed by atoms with Crippen LogP contribution in [0.25, 0.3) is 22.0 Å². The van der Waals surface area contributed by atoms with Gasteiger partial charge in [-0.3, -0.25) is 4.79 Å². The molecule has 2 N–H and O–H groups in total. The predicted octanol–water partition coefficient (Wildman–Crippen LogP) is 4.79. The lowest BCUT2D eigenvalue weighted by atomic mass is 10.1. The van der Waals surface area contributed by atoms with Crippen LogP contribution in [0.5, 0.6) is 5.88 Å². The van der Waals surface area contributed by atoms with Gasteiger partial charge in [0, 0.05) is 41.0 Å². The minimum Gasteiger partial charge on any atom is -0.481 e. The second-order valence-corrected chi connectivity index (χ2v) is 6.65. The lowest BCUT2D eigenvalue weighted by Gasteiger charge is -2.11. The van der Waals surface area contributed by atoms with Crippen LogP contribution in [0, 0.1) is 0 Å². The molecular formula is C23H21N5O2. The second kappa shape index (κ2) is 8.57. The number of methoxy groups -OCH3 is 1. The standard InChI is InChI=1S/C23H21N5O2/c1-3-21(29)27-17-5-4-6-18(12-17)28-23-19-11-15(7-9-20(19)25-14-26-23)16-8-10-22(30-2)24-13-16/h4-14H,3H2,1-2H3,(H,27,29)(H,25,26,28). The van der Waals surface area contributed by atoms with Gasteiger partial charge in [0.05, 0.1) is 12.6 Å². The number of ether oxygens (including phenoxy) is 1. The average Bonchev–Trinajstić information content (AvgIpc) is 2.79. The normalized spacial score (nSPS) is 10.6. The van der Waals surface area contributed by atoms with E-state index >= 15 is 0 Å². The molecule has 0 atom stereocenters. The van der Waals surface area contributed by atoms with Crippen molar-refractivity contribution < 1.29 is 9.53 Å². The van der Waals surface area contributed by atoms with E-state index in [0.717, 1.165) is 33.4 Å². The van der Waals surface area contributed by atoms with E-state index in [1.54, 1.807) is 13.3 Å². The van der Waals surface area contributed by atoms with Crippen molar-refractivity contribution in [3.63, 3.8) is 0 Å². The molecule has 0 saturated heterocycles. The Bertz CT molecular complexity index is 1190. The molecule has 0 saturated carbocycles. The molecule has 0 fully saturated rings. The van der Waals surface area contributed by atoms with E-state index in [4.69, 9.17) is 4.74 Å². The summed E-state index contributed by atoms with van der Waals surface area (Å²) in [5, 5.41) is 7.09. The molecule has 2 aromatic heterocycles. The van der Waals surface area contributed by atoms with Crippen molar-refractivity contribution in [2.24, 2.45) is 0 Å². The number of hydrogen-bond acceptors (Lipinski definition) is 6. The summed E-state index contributed by atoms with van der Waals surface area (Å²) in [6.07, 6.45) is 3.73. The minimum atomic E-state index is -0.0302. The van der Waals surface area contributed by atoms with Crippen molar-refractivity contribution in [3.05, 3.63) is 67.1 Å². The van der Waals surface area contributed by atoms with Crippen molar-refractivity contribution in [1.82, 2.24) is 15.0 Å². The van der Waals surface area contributed by atoms with Crippen molar-refractivity contribution in [3.8, 4) is 17.0 Å². The molecule has 0 aliphatic rings. The van der Waals surface area contributed by atoms with Gasteiger partial charge in [-0.2, -0.15) is 0 Å². The topological polar surface area (TPSA) is 89.0 Å². The maximum absolute atomic E-state index is 11.7. The summed E-state index contributed by atoms with van der Waals surface area (Å²) in [4.78, 5) is 24.7. The summed E-state index contributed by atoms with van der Waals surface area (Å²) in [5.41, 5.74) is 4.35. The van der Waals surface area contributed by atoms with E-state index in [1.807, 2.05) is 61.5 Å². The number of benzene rings is 2. The maximum Gasteiger partial charge on any atom is 0.224 e. The molecule has 4 rings (SSSR count). The van der Waals surface area contributed by atoms with E-state index in [2.05, 4.69) is 25.6 Å². The van der Waals surface area contributed by atoms with Gasteiger partial charge in [0.25, 0.3) is 0 Å². The molecular weight excluding hydrogens is 378 g/mol. The van der Waals surface area contributed by atoms with Crippen LogP contribution in [0.1, 0.15) is 13.3 Å². The fraction of sp³-hybridized carbons (Fsp3) is 0.130. The van der Waals surface area contributed by atoms with Gasteiger partial charge < -0.3 is 15.4 Å². The van der Waals surface area contributed by atoms with Crippen LogP contribution in [0.2, 0.25) is 0 Å². The lowest BCUT2D eigenvalue weighted by molar-refractivity contribution is -0.115. The molecule has 0 unspecified atom stereocenters. The molecule has 7 nitrogen and oxygen atoms in total. The van der Waals surface area contributed by atoms with Crippen molar-refractivity contribution >= 4 is 34.0 Å². The number of anilines is 3. The number of pyridine rings is 1. The van der Waals surface area contributed by atoms with Gasteiger partial charge in [-0.15, -0.1) is 0 Å². The van der Waals surface area contributed by atoms with E-state index < -0.39 is 0 Å². The minimum absolute atomic E-state index is 0.0302. The number of fused-ring (bicyclic) bond motifs is 1. The first kappa shape index (κ1) is 19.3. The quantitative estimate of drug-likeness (QED) is 0.484. The van der Waals surface area contributed by atoms with Crippen LogP contribution in [0.15, 0.2) is 67.1 Å². The molecule has 4 aromatic rings. The molecule has 1 amide bonds. The summed E-state index contributed by atoms with van der Waals surface area (Å²) >= 11 is 0. The Kier molecular flexibility index (Phi) is 5.52. The SMILES string of the molecule is CCC(=O)Nc1cccc(Nc2ncnc3ccc(-c4ccc(OC)nc4)cc23)c1. The maximum atomic E-state index is 11.7. The highest BCUT2D eigenvalue weighted by molar-refractivity contribution is 5.94. The van der Waals surface area contributed by atoms with Gasteiger partial charge in [0.1, 0.15) is 12.1 Å². The Morgan fingerprint density at radius 3 is 2.57 bits per heavy atom. The molecule has 150 valence electrons. The number of aromatic nitrogens is 3.